The van der Waals surface area contributed by atoms with Gasteiger partial charge in [0.05, 0.1) is 40.1 Å². The first-order chi connectivity index (χ1) is 13.0. The number of esters is 2. The van der Waals surface area contributed by atoms with Gasteiger partial charge in [-0.3, -0.25) is 9.69 Å². The number of nitrogens with zero attached hydrogens (tertiary/aromatic N) is 1. The van der Waals surface area contributed by atoms with Gasteiger partial charge in [0.15, 0.2) is 0 Å². The zero-order valence-corrected chi connectivity index (χ0v) is 15.3. The van der Waals surface area contributed by atoms with Crippen molar-refractivity contribution in [2.45, 2.75) is 0 Å². The highest BCUT2D eigenvalue weighted by atomic mass is 16.5. The highest BCUT2D eigenvalue weighted by Crippen LogP contribution is 2.16. The van der Waals surface area contributed by atoms with Crippen LogP contribution >= 0.6 is 0 Å². The summed E-state index contributed by atoms with van der Waals surface area (Å²) in [5.41, 5.74) is 1.10. The summed E-state index contributed by atoms with van der Waals surface area (Å²) in [6, 6.07) is 6.70. The fourth-order valence-corrected chi connectivity index (χ4v) is 2.39. The monoisotopic (exact) mass is 377 g/mol. The number of morpholine rings is 1. The van der Waals surface area contributed by atoms with Gasteiger partial charge in [0.1, 0.15) is 5.70 Å². The number of hydrogen-bond donors (Lipinski definition) is 2. The number of hydrogen-bond acceptors (Lipinski definition) is 8. The van der Waals surface area contributed by atoms with E-state index in [0.717, 1.165) is 19.2 Å². The van der Waals surface area contributed by atoms with E-state index in [4.69, 9.17) is 4.74 Å². The van der Waals surface area contributed by atoms with E-state index in [1.807, 2.05) is 4.90 Å². The van der Waals surface area contributed by atoms with E-state index in [-0.39, 0.29) is 11.6 Å². The number of amides is 1. The Morgan fingerprint density at radius 3 is 2.19 bits per heavy atom. The van der Waals surface area contributed by atoms with E-state index in [1.165, 1.54) is 14.2 Å². The Bertz CT molecular complexity index is 696. The third-order valence-corrected chi connectivity index (χ3v) is 3.79. The summed E-state index contributed by atoms with van der Waals surface area (Å²) in [4.78, 5) is 37.2. The molecule has 0 aromatic heterocycles. The molecule has 0 saturated carbocycles. The van der Waals surface area contributed by atoms with Crippen molar-refractivity contribution in [1.82, 2.24) is 4.90 Å². The molecule has 1 aliphatic rings. The average molecular weight is 377 g/mol. The summed E-state index contributed by atoms with van der Waals surface area (Å²) >= 11 is 0. The fraction of sp³-hybridized carbons (Fsp3) is 0.389. The van der Waals surface area contributed by atoms with Crippen LogP contribution in [0.3, 0.4) is 0 Å². The van der Waals surface area contributed by atoms with Crippen LogP contribution in [0, 0.1) is 0 Å². The molecular formula is C18H23N3O6. The minimum absolute atomic E-state index is 0.0616. The maximum Gasteiger partial charge on any atom is 0.354 e. The maximum absolute atomic E-state index is 12.1. The van der Waals surface area contributed by atoms with Crippen molar-refractivity contribution in [3.8, 4) is 0 Å². The Labute approximate surface area is 157 Å². The highest BCUT2D eigenvalue weighted by molar-refractivity contribution is 5.98. The minimum atomic E-state index is -0.705. The lowest BCUT2D eigenvalue weighted by Crippen LogP contribution is -2.41. The second-order valence-corrected chi connectivity index (χ2v) is 5.71. The van der Waals surface area contributed by atoms with Gasteiger partial charge in [-0.25, -0.2) is 9.59 Å². The number of carbonyl (C=O) groups excluding carboxylic acids is 3. The van der Waals surface area contributed by atoms with E-state index in [2.05, 4.69) is 20.1 Å². The van der Waals surface area contributed by atoms with Gasteiger partial charge in [-0.05, 0) is 24.3 Å². The van der Waals surface area contributed by atoms with Gasteiger partial charge in [-0.2, -0.15) is 0 Å². The first-order valence-electron chi connectivity index (χ1n) is 8.37. The predicted molar refractivity (Wildman–Crippen MR) is 98.1 cm³/mol. The molecule has 2 N–H and O–H groups in total. The number of nitrogens with one attached hydrogen (secondary N) is 2. The third kappa shape index (κ3) is 6.72. The van der Waals surface area contributed by atoms with Crippen molar-refractivity contribution in [1.29, 1.82) is 0 Å². The van der Waals surface area contributed by atoms with E-state index in [1.54, 1.807) is 24.3 Å². The van der Waals surface area contributed by atoms with Crippen LogP contribution < -0.4 is 10.6 Å². The van der Waals surface area contributed by atoms with Crippen LogP contribution in [0.5, 0.6) is 0 Å². The first kappa shape index (κ1) is 20.4. The van der Waals surface area contributed by atoms with E-state index in [9.17, 15) is 14.4 Å². The molecule has 2 rings (SSSR count). The summed E-state index contributed by atoms with van der Waals surface area (Å²) < 4.78 is 14.4. The van der Waals surface area contributed by atoms with Crippen LogP contribution in [0.1, 0.15) is 0 Å². The van der Waals surface area contributed by atoms with Crippen LogP contribution in [0.2, 0.25) is 0 Å². The Kier molecular flexibility index (Phi) is 7.78. The molecule has 0 aliphatic carbocycles. The predicted octanol–water partition coefficient (Wildman–Crippen LogP) is 0.599. The highest BCUT2D eigenvalue weighted by Gasteiger charge is 2.15. The van der Waals surface area contributed by atoms with Crippen molar-refractivity contribution < 1.29 is 28.6 Å². The largest absolute Gasteiger partial charge is 0.466 e. The van der Waals surface area contributed by atoms with Gasteiger partial charge in [0, 0.05) is 24.5 Å². The Morgan fingerprint density at radius 1 is 1.04 bits per heavy atom. The molecule has 0 atom stereocenters. The molecule has 9 nitrogen and oxygen atoms in total. The van der Waals surface area contributed by atoms with Crippen LogP contribution in [-0.2, 0) is 28.6 Å². The number of methoxy groups -OCH3 is 2. The van der Waals surface area contributed by atoms with Crippen molar-refractivity contribution >= 4 is 29.2 Å². The van der Waals surface area contributed by atoms with E-state index in [0.29, 0.717) is 31.1 Å². The quantitative estimate of drug-likeness (QED) is 0.526. The summed E-state index contributed by atoms with van der Waals surface area (Å²) in [6.07, 6.45) is 1.00. The number of benzene rings is 1. The Balaban J connectivity index is 1.94. The molecule has 1 saturated heterocycles. The van der Waals surface area contributed by atoms with Crippen molar-refractivity contribution in [3.63, 3.8) is 0 Å². The molecule has 1 aromatic rings. The normalized spacial score (nSPS) is 15.0. The number of anilines is 2. The fourth-order valence-electron chi connectivity index (χ4n) is 2.39. The Morgan fingerprint density at radius 2 is 1.63 bits per heavy atom. The molecule has 9 heteroatoms. The van der Waals surface area contributed by atoms with E-state index >= 15 is 0 Å². The second-order valence-electron chi connectivity index (χ2n) is 5.71. The van der Waals surface area contributed by atoms with Crippen LogP contribution in [0.15, 0.2) is 36.0 Å². The standard InChI is InChI=1S/C18H23N3O6/c1-25-17(23)11-15(18(24)26-2)19-13-3-5-14(6-4-13)20-16(22)12-21-7-9-27-10-8-21/h3-6,11,19H,7-10,12H2,1-2H3,(H,20,22)/b15-11+. The number of ether oxygens (including phenoxy) is 3. The summed E-state index contributed by atoms with van der Waals surface area (Å²) in [5.74, 6) is -1.50. The number of carbonyl (C=O) groups is 3. The van der Waals surface area contributed by atoms with Gasteiger partial charge < -0.3 is 24.8 Å². The maximum atomic E-state index is 12.1. The van der Waals surface area contributed by atoms with Gasteiger partial charge in [-0.1, -0.05) is 0 Å². The van der Waals surface area contributed by atoms with Crippen molar-refractivity contribution in [3.05, 3.63) is 36.0 Å². The zero-order chi connectivity index (χ0) is 19.6. The first-order valence-corrected chi connectivity index (χ1v) is 8.37. The zero-order valence-electron chi connectivity index (χ0n) is 15.3. The topological polar surface area (TPSA) is 106 Å². The second kappa shape index (κ2) is 10.3. The third-order valence-electron chi connectivity index (χ3n) is 3.79. The molecule has 0 spiro atoms. The SMILES string of the molecule is COC(=O)/C=C(/Nc1ccc(NC(=O)CN2CCOCC2)cc1)C(=O)OC. The molecule has 1 heterocycles. The summed E-state index contributed by atoms with van der Waals surface area (Å²) in [6.45, 7) is 3.04. The van der Waals surface area contributed by atoms with Crippen LogP contribution in [0.25, 0.3) is 0 Å². The van der Waals surface area contributed by atoms with Gasteiger partial charge in [0.25, 0.3) is 0 Å². The molecule has 0 radical (unpaired) electrons. The summed E-state index contributed by atoms with van der Waals surface area (Å²) in [5, 5.41) is 5.61. The molecule has 1 aliphatic heterocycles. The van der Waals surface area contributed by atoms with Crippen molar-refractivity contribution in [2.75, 3.05) is 57.7 Å². The lowest BCUT2D eigenvalue weighted by molar-refractivity contribution is -0.138. The molecule has 1 amide bonds. The molecular weight excluding hydrogens is 354 g/mol. The lowest BCUT2D eigenvalue weighted by atomic mass is 10.2. The number of rotatable bonds is 7. The van der Waals surface area contributed by atoms with Gasteiger partial charge in [-0.15, -0.1) is 0 Å². The minimum Gasteiger partial charge on any atom is -0.466 e. The molecule has 27 heavy (non-hydrogen) atoms. The van der Waals surface area contributed by atoms with Crippen molar-refractivity contribution in [2.24, 2.45) is 0 Å². The smallest absolute Gasteiger partial charge is 0.354 e. The molecule has 1 fully saturated rings. The van der Waals surface area contributed by atoms with E-state index < -0.39 is 11.9 Å². The molecule has 146 valence electrons. The molecule has 0 unspecified atom stereocenters. The van der Waals surface area contributed by atoms with Crippen LogP contribution in [0.4, 0.5) is 11.4 Å². The molecule has 0 bridgehead atoms. The van der Waals surface area contributed by atoms with Gasteiger partial charge >= 0.3 is 11.9 Å². The average Bonchev–Trinajstić information content (AvgIpc) is 2.68. The van der Waals surface area contributed by atoms with Crippen LogP contribution in [-0.4, -0.2) is 69.8 Å². The molecule has 1 aromatic carbocycles. The Hall–Kier alpha value is -2.91. The lowest BCUT2D eigenvalue weighted by Gasteiger charge is -2.25. The van der Waals surface area contributed by atoms with Gasteiger partial charge in [0.2, 0.25) is 5.91 Å². The summed E-state index contributed by atoms with van der Waals surface area (Å²) in [7, 11) is 2.42.